The summed E-state index contributed by atoms with van der Waals surface area (Å²) in [6.45, 7) is 6.75. The van der Waals surface area contributed by atoms with Crippen LogP contribution in [0, 0.1) is 11.3 Å². The molecule has 0 unspecified atom stereocenters. The van der Waals surface area contributed by atoms with E-state index in [4.69, 9.17) is 4.42 Å². The van der Waals surface area contributed by atoms with Gasteiger partial charge in [0, 0.05) is 6.54 Å². The number of nitrogens with one attached hydrogen (secondary N) is 1. The zero-order valence-electron chi connectivity index (χ0n) is 13.3. The summed E-state index contributed by atoms with van der Waals surface area (Å²) in [7, 11) is 0. The first kappa shape index (κ1) is 15.6. The molecule has 0 aromatic carbocycles. The molecule has 1 heterocycles. The van der Waals surface area contributed by atoms with Gasteiger partial charge in [0.2, 0.25) is 0 Å². The standard InChI is InChI=1S/C18H31NO/c1-3-5-6-16-7-10-18(11-8-16,15-19-4-2)13-17-9-12-20-14-17/h9,12,14,16,19H,3-8,10-11,13,15H2,1-2H3. The highest BCUT2D eigenvalue weighted by atomic mass is 16.3. The van der Waals surface area contributed by atoms with Crippen LogP contribution in [0.5, 0.6) is 0 Å². The number of hydrogen-bond acceptors (Lipinski definition) is 2. The average Bonchev–Trinajstić information content (AvgIpc) is 2.97. The topological polar surface area (TPSA) is 25.2 Å². The quantitative estimate of drug-likeness (QED) is 0.738. The predicted octanol–water partition coefficient (Wildman–Crippen LogP) is 4.80. The maximum atomic E-state index is 5.26. The monoisotopic (exact) mass is 277 g/mol. The number of hydrogen-bond donors (Lipinski definition) is 1. The third-order valence-corrected chi connectivity index (χ3v) is 5.04. The van der Waals surface area contributed by atoms with E-state index in [1.807, 2.05) is 12.5 Å². The van der Waals surface area contributed by atoms with E-state index in [1.165, 1.54) is 56.9 Å². The molecule has 0 atom stereocenters. The molecule has 1 aliphatic carbocycles. The molecule has 0 aliphatic heterocycles. The number of furan rings is 1. The van der Waals surface area contributed by atoms with Gasteiger partial charge in [-0.2, -0.15) is 0 Å². The Hall–Kier alpha value is -0.760. The van der Waals surface area contributed by atoms with E-state index in [-0.39, 0.29) is 0 Å². The van der Waals surface area contributed by atoms with E-state index in [0.717, 1.165) is 19.0 Å². The second-order valence-electron chi connectivity index (χ2n) is 6.67. The Labute approximate surface area is 124 Å². The van der Waals surface area contributed by atoms with Gasteiger partial charge < -0.3 is 9.73 Å². The fourth-order valence-electron chi connectivity index (χ4n) is 3.70. The first-order valence-corrected chi connectivity index (χ1v) is 8.50. The van der Waals surface area contributed by atoms with Crippen LogP contribution in [0.4, 0.5) is 0 Å². The average molecular weight is 277 g/mol. The molecule has 2 heteroatoms. The number of unbranched alkanes of at least 4 members (excludes halogenated alkanes) is 1. The van der Waals surface area contributed by atoms with Crippen molar-refractivity contribution in [3.05, 3.63) is 24.2 Å². The van der Waals surface area contributed by atoms with Gasteiger partial charge in [-0.1, -0.05) is 33.1 Å². The normalized spacial score (nSPS) is 26.8. The van der Waals surface area contributed by atoms with Gasteiger partial charge in [0.1, 0.15) is 0 Å². The van der Waals surface area contributed by atoms with Crippen LogP contribution in [0.15, 0.2) is 23.0 Å². The lowest BCUT2D eigenvalue weighted by Gasteiger charge is -2.40. The van der Waals surface area contributed by atoms with Crippen LogP contribution >= 0.6 is 0 Å². The van der Waals surface area contributed by atoms with Gasteiger partial charge in [0.15, 0.2) is 0 Å². The molecule has 0 spiro atoms. The molecule has 2 rings (SSSR count). The van der Waals surface area contributed by atoms with Gasteiger partial charge in [-0.05, 0) is 61.6 Å². The zero-order chi connectivity index (χ0) is 14.3. The minimum absolute atomic E-state index is 0.461. The van der Waals surface area contributed by atoms with Crippen LogP contribution in [0.2, 0.25) is 0 Å². The molecule has 114 valence electrons. The lowest BCUT2D eigenvalue weighted by atomic mass is 9.67. The summed E-state index contributed by atoms with van der Waals surface area (Å²) >= 11 is 0. The van der Waals surface area contributed by atoms with E-state index >= 15 is 0 Å². The maximum absolute atomic E-state index is 5.26. The molecule has 1 saturated carbocycles. The molecule has 1 aromatic rings. The third kappa shape index (κ3) is 4.37. The SMILES string of the molecule is CCCCC1CCC(CNCC)(Cc2ccoc2)CC1. The second-order valence-corrected chi connectivity index (χ2v) is 6.67. The summed E-state index contributed by atoms with van der Waals surface area (Å²) in [6, 6.07) is 2.14. The highest BCUT2D eigenvalue weighted by Crippen LogP contribution is 2.42. The Bertz CT molecular complexity index is 350. The molecule has 1 aliphatic rings. The smallest absolute Gasteiger partial charge is 0.0934 e. The van der Waals surface area contributed by atoms with Gasteiger partial charge in [-0.15, -0.1) is 0 Å². The zero-order valence-corrected chi connectivity index (χ0v) is 13.3. The van der Waals surface area contributed by atoms with Crippen molar-refractivity contribution in [3.8, 4) is 0 Å². The molecular formula is C18H31NO. The van der Waals surface area contributed by atoms with Crippen LogP contribution in [0.25, 0.3) is 0 Å². The van der Waals surface area contributed by atoms with Crippen molar-refractivity contribution in [2.75, 3.05) is 13.1 Å². The van der Waals surface area contributed by atoms with E-state index in [0.29, 0.717) is 5.41 Å². The van der Waals surface area contributed by atoms with Crippen molar-refractivity contribution in [2.45, 2.75) is 65.2 Å². The first-order valence-electron chi connectivity index (χ1n) is 8.50. The fourth-order valence-corrected chi connectivity index (χ4v) is 3.70. The summed E-state index contributed by atoms with van der Waals surface area (Å²) in [5, 5.41) is 3.60. The summed E-state index contributed by atoms with van der Waals surface area (Å²) in [4.78, 5) is 0. The second kappa shape index (κ2) is 7.87. The van der Waals surface area contributed by atoms with Crippen LogP contribution in [-0.2, 0) is 6.42 Å². The minimum Gasteiger partial charge on any atom is -0.472 e. The van der Waals surface area contributed by atoms with Crippen molar-refractivity contribution < 1.29 is 4.42 Å². The van der Waals surface area contributed by atoms with E-state index < -0.39 is 0 Å². The van der Waals surface area contributed by atoms with Gasteiger partial charge in [-0.3, -0.25) is 0 Å². The molecule has 0 bridgehead atoms. The van der Waals surface area contributed by atoms with Crippen LogP contribution in [-0.4, -0.2) is 13.1 Å². The molecule has 20 heavy (non-hydrogen) atoms. The van der Waals surface area contributed by atoms with Crippen molar-refractivity contribution in [1.82, 2.24) is 5.32 Å². The molecule has 1 aromatic heterocycles. The molecule has 0 amide bonds. The van der Waals surface area contributed by atoms with Gasteiger partial charge >= 0.3 is 0 Å². The lowest BCUT2D eigenvalue weighted by molar-refractivity contribution is 0.139. The minimum atomic E-state index is 0.461. The maximum Gasteiger partial charge on any atom is 0.0934 e. The Morgan fingerprint density at radius 2 is 2.10 bits per heavy atom. The molecule has 1 fully saturated rings. The largest absolute Gasteiger partial charge is 0.472 e. The highest BCUT2D eigenvalue weighted by molar-refractivity contribution is 5.10. The van der Waals surface area contributed by atoms with Gasteiger partial charge in [-0.25, -0.2) is 0 Å². The van der Waals surface area contributed by atoms with Gasteiger partial charge in [0.05, 0.1) is 12.5 Å². The van der Waals surface area contributed by atoms with E-state index in [2.05, 4.69) is 25.2 Å². The van der Waals surface area contributed by atoms with Crippen molar-refractivity contribution >= 4 is 0 Å². The van der Waals surface area contributed by atoms with Crippen LogP contribution < -0.4 is 5.32 Å². The first-order chi connectivity index (χ1) is 9.78. The van der Waals surface area contributed by atoms with Crippen molar-refractivity contribution in [1.29, 1.82) is 0 Å². The van der Waals surface area contributed by atoms with Crippen LogP contribution in [0.1, 0.15) is 64.4 Å². The fraction of sp³-hybridized carbons (Fsp3) is 0.778. The summed E-state index contributed by atoms with van der Waals surface area (Å²) in [5.41, 5.74) is 1.83. The predicted molar refractivity (Wildman–Crippen MR) is 84.9 cm³/mol. The highest BCUT2D eigenvalue weighted by Gasteiger charge is 2.35. The molecule has 0 saturated heterocycles. The molecule has 1 N–H and O–H groups in total. The van der Waals surface area contributed by atoms with E-state index in [1.54, 1.807) is 0 Å². The summed E-state index contributed by atoms with van der Waals surface area (Å²) < 4.78 is 5.26. The lowest BCUT2D eigenvalue weighted by Crippen LogP contribution is -2.39. The Balaban J connectivity index is 1.91. The number of rotatable bonds is 8. The molecule has 2 nitrogen and oxygen atoms in total. The molecular weight excluding hydrogens is 246 g/mol. The molecule has 0 radical (unpaired) electrons. The summed E-state index contributed by atoms with van der Waals surface area (Å²) in [6.07, 6.45) is 14.7. The Morgan fingerprint density at radius 1 is 1.30 bits per heavy atom. The summed E-state index contributed by atoms with van der Waals surface area (Å²) in [5.74, 6) is 0.981. The van der Waals surface area contributed by atoms with Crippen LogP contribution in [0.3, 0.4) is 0 Å². The van der Waals surface area contributed by atoms with Gasteiger partial charge in [0.25, 0.3) is 0 Å². The Kier molecular flexibility index (Phi) is 6.15. The third-order valence-electron chi connectivity index (χ3n) is 5.04. The van der Waals surface area contributed by atoms with Crippen molar-refractivity contribution in [3.63, 3.8) is 0 Å². The van der Waals surface area contributed by atoms with Crippen molar-refractivity contribution in [2.24, 2.45) is 11.3 Å². The van der Waals surface area contributed by atoms with E-state index in [9.17, 15) is 0 Å². The Morgan fingerprint density at radius 3 is 2.70 bits per heavy atom.